The lowest BCUT2D eigenvalue weighted by atomic mass is 10.1. The van der Waals surface area contributed by atoms with Gasteiger partial charge in [0.05, 0.1) is 0 Å². The fourth-order valence-electron chi connectivity index (χ4n) is 2.02. The fourth-order valence-corrected chi connectivity index (χ4v) is 2.02. The van der Waals surface area contributed by atoms with Crippen LogP contribution < -0.4 is 16.4 Å². The number of primary amides is 1. The summed E-state index contributed by atoms with van der Waals surface area (Å²) in [6.45, 7) is 1.26. The van der Waals surface area contributed by atoms with Crippen molar-refractivity contribution in [3.63, 3.8) is 0 Å². The highest BCUT2D eigenvalue weighted by Crippen LogP contribution is 2.04. The summed E-state index contributed by atoms with van der Waals surface area (Å²) in [5, 5.41) is 6.45. The van der Waals surface area contributed by atoms with Gasteiger partial charge in [0.1, 0.15) is 0 Å². The molecule has 2 aromatic carbocycles. The highest BCUT2D eigenvalue weighted by atomic mass is 16.1. The Bertz CT molecular complexity index is 653. The van der Waals surface area contributed by atoms with Gasteiger partial charge in [-0.15, -0.1) is 0 Å². The van der Waals surface area contributed by atoms with E-state index < -0.39 is 5.91 Å². The van der Waals surface area contributed by atoms with Crippen molar-refractivity contribution in [2.24, 2.45) is 10.7 Å². The molecule has 2 aromatic rings. The second-order valence-corrected chi connectivity index (χ2v) is 4.83. The van der Waals surface area contributed by atoms with Gasteiger partial charge in [0.2, 0.25) is 5.91 Å². The molecule has 0 aliphatic carbocycles. The Hall–Kier alpha value is -2.82. The Kier molecular flexibility index (Phi) is 5.54. The fraction of sp³-hybridized carbons (Fsp3) is 0.176. The van der Waals surface area contributed by atoms with Gasteiger partial charge >= 0.3 is 0 Å². The van der Waals surface area contributed by atoms with Crippen LogP contribution in [-0.2, 0) is 13.1 Å². The molecule has 0 saturated carbocycles. The molecule has 0 bridgehead atoms. The second-order valence-electron chi connectivity index (χ2n) is 4.83. The Morgan fingerprint density at radius 2 is 1.64 bits per heavy atom. The first-order valence-corrected chi connectivity index (χ1v) is 7.06. The van der Waals surface area contributed by atoms with Crippen LogP contribution in [0.1, 0.15) is 21.5 Å². The Labute approximate surface area is 130 Å². The van der Waals surface area contributed by atoms with E-state index in [1.54, 1.807) is 19.2 Å². The van der Waals surface area contributed by atoms with Crippen LogP contribution >= 0.6 is 0 Å². The number of carbonyl (C=O) groups excluding carboxylic acids is 1. The average Bonchev–Trinajstić information content (AvgIpc) is 2.56. The summed E-state index contributed by atoms with van der Waals surface area (Å²) in [6.07, 6.45) is 0. The number of amides is 1. The highest BCUT2D eigenvalue weighted by molar-refractivity contribution is 5.92. The molecule has 0 spiro atoms. The molecule has 5 heteroatoms. The first kappa shape index (κ1) is 15.6. The van der Waals surface area contributed by atoms with Crippen LogP contribution in [0.4, 0.5) is 0 Å². The van der Waals surface area contributed by atoms with Gasteiger partial charge in [-0.1, -0.05) is 42.5 Å². The van der Waals surface area contributed by atoms with Crippen LogP contribution in [0.2, 0.25) is 0 Å². The minimum absolute atomic E-state index is 0.423. The third-order valence-electron chi connectivity index (χ3n) is 3.20. The second kappa shape index (κ2) is 7.83. The van der Waals surface area contributed by atoms with Crippen molar-refractivity contribution >= 4 is 11.9 Å². The van der Waals surface area contributed by atoms with Crippen LogP contribution in [0.3, 0.4) is 0 Å². The number of nitrogens with one attached hydrogen (secondary N) is 2. The van der Waals surface area contributed by atoms with Crippen LogP contribution in [0.5, 0.6) is 0 Å². The number of hydrogen-bond acceptors (Lipinski definition) is 2. The Morgan fingerprint density at radius 1 is 1.00 bits per heavy atom. The summed E-state index contributed by atoms with van der Waals surface area (Å²) in [5.41, 5.74) is 7.94. The van der Waals surface area contributed by atoms with E-state index in [9.17, 15) is 4.79 Å². The van der Waals surface area contributed by atoms with E-state index in [1.165, 1.54) is 5.56 Å². The number of nitrogens with zero attached hydrogens (tertiary/aromatic N) is 1. The largest absolute Gasteiger partial charge is 0.366 e. The van der Waals surface area contributed by atoms with Gasteiger partial charge in [-0.2, -0.15) is 0 Å². The molecule has 4 N–H and O–H groups in total. The molecule has 0 atom stereocenters. The molecule has 0 aliphatic heterocycles. The first-order chi connectivity index (χ1) is 10.7. The zero-order valence-corrected chi connectivity index (χ0v) is 12.5. The van der Waals surface area contributed by atoms with Crippen molar-refractivity contribution < 1.29 is 4.79 Å². The number of hydrogen-bond donors (Lipinski definition) is 3. The molecule has 2 rings (SSSR count). The van der Waals surface area contributed by atoms with Crippen LogP contribution in [0.15, 0.2) is 59.6 Å². The summed E-state index contributed by atoms with van der Waals surface area (Å²) in [7, 11) is 1.72. The molecule has 1 amide bonds. The van der Waals surface area contributed by atoms with Crippen molar-refractivity contribution in [2.75, 3.05) is 7.05 Å². The van der Waals surface area contributed by atoms with Gasteiger partial charge in [-0.05, 0) is 23.3 Å². The first-order valence-electron chi connectivity index (χ1n) is 7.06. The summed E-state index contributed by atoms with van der Waals surface area (Å²) >= 11 is 0. The van der Waals surface area contributed by atoms with Crippen molar-refractivity contribution in [1.82, 2.24) is 10.6 Å². The highest BCUT2D eigenvalue weighted by Gasteiger charge is 2.02. The smallest absolute Gasteiger partial charge is 0.248 e. The van der Waals surface area contributed by atoms with Crippen LogP contribution in [0, 0.1) is 0 Å². The van der Waals surface area contributed by atoms with E-state index in [2.05, 4.69) is 27.8 Å². The molecule has 22 heavy (non-hydrogen) atoms. The quantitative estimate of drug-likeness (QED) is 0.580. The van der Waals surface area contributed by atoms with E-state index >= 15 is 0 Å². The average molecular weight is 296 g/mol. The SMILES string of the molecule is CN=C(NCc1ccccc1)NCc1cccc(C(N)=O)c1. The van der Waals surface area contributed by atoms with E-state index in [0.29, 0.717) is 24.6 Å². The normalized spacial score (nSPS) is 11.0. The summed E-state index contributed by atoms with van der Waals surface area (Å²) in [5.74, 6) is 0.279. The molecule has 114 valence electrons. The van der Waals surface area contributed by atoms with Gasteiger partial charge in [-0.3, -0.25) is 9.79 Å². The maximum atomic E-state index is 11.2. The zero-order chi connectivity index (χ0) is 15.8. The number of rotatable bonds is 5. The molecule has 0 aliphatic rings. The third kappa shape index (κ3) is 4.63. The minimum Gasteiger partial charge on any atom is -0.366 e. The maximum Gasteiger partial charge on any atom is 0.248 e. The lowest BCUT2D eigenvalue weighted by molar-refractivity contribution is 0.1000. The molecule has 0 radical (unpaired) electrons. The Balaban J connectivity index is 1.89. The minimum atomic E-state index is -0.423. The van der Waals surface area contributed by atoms with Gasteiger partial charge in [0.25, 0.3) is 0 Å². The monoisotopic (exact) mass is 296 g/mol. The molecule has 0 heterocycles. The molecule has 0 saturated heterocycles. The van der Waals surface area contributed by atoms with Crippen molar-refractivity contribution in [2.45, 2.75) is 13.1 Å². The molecular formula is C17H20N4O. The number of guanidine groups is 1. The molecular weight excluding hydrogens is 276 g/mol. The predicted octanol–water partition coefficient (Wildman–Crippen LogP) is 1.65. The van der Waals surface area contributed by atoms with Gasteiger partial charge in [0, 0.05) is 25.7 Å². The molecule has 0 unspecified atom stereocenters. The Morgan fingerprint density at radius 3 is 2.27 bits per heavy atom. The lowest BCUT2D eigenvalue weighted by Crippen LogP contribution is -2.36. The van der Waals surface area contributed by atoms with Crippen LogP contribution in [0.25, 0.3) is 0 Å². The third-order valence-corrected chi connectivity index (χ3v) is 3.20. The van der Waals surface area contributed by atoms with Crippen molar-refractivity contribution in [3.8, 4) is 0 Å². The number of nitrogens with two attached hydrogens (primary N) is 1. The lowest BCUT2D eigenvalue weighted by Gasteiger charge is -2.12. The maximum absolute atomic E-state index is 11.2. The molecule has 5 nitrogen and oxygen atoms in total. The summed E-state index contributed by atoms with van der Waals surface area (Å²) in [4.78, 5) is 15.4. The summed E-state index contributed by atoms with van der Waals surface area (Å²) < 4.78 is 0. The van der Waals surface area contributed by atoms with Gasteiger partial charge < -0.3 is 16.4 Å². The number of benzene rings is 2. The number of aliphatic imine (C=N–C) groups is 1. The van der Waals surface area contributed by atoms with E-state index in [-0.39, 0.29) is 0 Å². The van der Waals surface area contributed by atoms with Gasteiger partial charge in [-0.25, -0.2) is 0 Å². The van der Waals surface area contributed by atoms with E-state index in [4.69, 9.17) is 5.73 Å². The zero-order valence-electron chi connectivity index (χ0n) is 12.5. The predicted molar refractivity (Wildman–Crippen MR) is 88.4 cm³/mol. The van der Waals surface area contributed by atoms with Crippen molar-refractivity contribution in [1.29, 1.82) is 0 Å². The summed E-state index contributed by atoms with van der Waals surface area (Å²) in [6, 6.07) is 17.3. The van der Waals surface area contributed by atoms with Crippen LogP contribution in [-0.4, -0.2) is 18.9 Å². The van der Waals surface area contributed by atoms with E-state index in [1.807, 2.05) is 30.3 Å². The van der Waals surface area contributed by atoms with Crippen molar-refractivity contribution in [3.05, 3.63) is 71.3 Å². The van der Waals surface area contributed by atoms with E-state index in [0.717, 1.165) is 5.56 Å². The number of carbonyl (C=O) groups is 1. The van der Waals surface area contributed by atoms with Gasteiger partial charge in [0.15, 0.2) is 5.96 Å². The molecule has 0 aromatic heterocycles. The standard InChI is InChI=1S/C17H20N4O/c1-19-17(20-11-13-6-3-2-4-7-13)21-12-14-8-5-9-15(10-14)16(18)22/h2-10H,11-12H2,1H3,(H2,18,22)(H2,19,20,21). The topological polar surface area (TPSA) is 79.5 Å². The molecule has 0 fully saturated rings.